The van der Waals surface area contributed by atoms with E-state index in [1.165, 1.54) is 44.2 Å². The van der Waals surface area contributed by atoms with Crippen LogP contribution in [0.1, 0.15) is 76.4 Å². The van der Waals surface area contributed by atoms with E-state index in [1.807, 2.05) is 0 Å². The van der Waals surface area contributed by atoms with Gasteiger partial charge in [0.05, 0.1) is 11.7 Å². The lowest BCUT2D eigenvalue weighted by Crippen LogP contribution is -2.13. The molecule has 1 aromatic rings. The van der Waals surface area contributed by atoms with Crippen molar-refractivity contribution in [3.8, 4) is 0 Å². The standard InChI is InChI=1S/C16H27ClN2/c1-2-7-14(17)8-6-9-15-12-13-19(18-15)16-10-4-3-5-11-16/h12-14,16H,2-11H2,1H3. The minimum absolute atomic E-state index is 0.352. The molecule has 19 heavy (non-hydrogen) atoms. The number of hydrogen-bond donors (Lipinski definition) is 0. The summed E-state index contributed by atoms with van der Waals surface area (Å²) in [5.41, 5.74) is 1.24. The molecule has 1 heterocycles. The second kappa shape index (κ2) is 7.94. The van der Waals surface area contributed by atoms with Crippen LogP contribution < -0.4 is 0 Å². The van der Waals surface area contributed by atoms with Gasteiger partial charge in [-0.1, -0.05) is 32.6 Å². The maximum absolute atomic E-state index is 6.25. The Morgan fingerprint density at radius 2 is 2.11 bits per heavy atom. The summed E-state index contributed by atoms with van der Waals surface area (Å²) in [6.45, 7) is 2.20. The molecule has 0 bridgehead atoms. The van der Waals surface area contributed by atoms with Crippen molar-refractivity contribution >= 4 is 11.6 Å². The molecule has 0 amide bonds. The van der Waals surface area contributed by atoms with Gasteiger partial charge in [-0.05, 0) is 44.6 Å². The molecule has 3 heteroatoms. The first-order chi connectivity index (χ1) is 9.29. The smallest absolute Gasteiger partial charge is 0.0624 e. The second-order valence-electron chi connectivity index (χ2n) is 5.86. The molecule has 0 aliphatic heterocycles. The summed E-state index contributed by atoms with van der Waals surface area (Å²) in [6.07, 6.45) is 14.6. The van der Waals surface area contributed by atoms with Crippen molar-refractivity contribution in [3.63, 3.8) is 0 Å². The lowest BCUT2D eigenvalue weighted by atomic mass is 9.96. The zero-order chi connectivity index (χ0) is 13.5. The van der Waals surface area contributed by atoms with E-state index < -0.39 is 0 Å². The van der Waals surface area contributed by atoms with Gasteiger partial charge in [0.25, 0.3) is 0 Å². The van der Waals surface area contributed by atoms with Gasteiger partial charge in [-0.3, -0.25) is 4.68 Å². The molecule has 1 aromatic heterocycles. The van der Waals surface area contributed by atoms with Crippen molar-refractivity contribution in [2.75, 3.05) is 0 Å². The van der Waals surface area contributed by atoms with E-state index in [4.69, 9.17) is 16.7 Å². The molecule has 2 nitrogen and oxygen atoms in total. The lowest BCUT2D eigenvalue weighted by molar-refractivity contribution is 0.328. The number of nitrogens with zero attached hydrogens (tertiary/aromatic N) is 2. The number of alkyl halides is 1. The monoisotopic (exact) mass is 282 g/mol. The maximum atomic E-state index is 6.25. The summed E-state index contributed by atoms with van der Waals surface area (Å²) in [5.74, 6) is 0. The van der Waals surface area contributed by atoms with Crippen LogP contribution in [0.25, 0.3) is 0 Å². The first-order valence-electron chi connectivity index (χ1n) is 7.97. The summed E-state index contributed by atoms with van der Waals surface area (Å²) in [4.78, 5) is 0. The third-order valence-corrected chi connectivity index (χ3v) is 4.60. The van der Waals surface area contributed by atoms with Crippen LogP contribution >= 0.6 is 11.6 Å². The van der Waals surface area contributed by atoms with E-state index in [9.17, 15) is 0 Å². The molecule has 1 fully saturated rings. The second-order valence-corrected chi connectivity index (χ2v) is 6.47. The predicted octanol–water partition coefficient (Wildman–Crippen LogP) is 5.12. The molecule has 1 unspecified atom stereocenters. The Kier molecular flexibility index (Phi) is 6.22. The molecule has 1 aliphatic rings. The lowest BCUT2D eigenvalue weighted by Gasteiger charge is -2.21. The molecule has 0 N–H and O–H groups in total. The summed E-state index contributed by atoms with van der Waals surface area (Å²) < 4.78 is 2.21. The fourth-order valence-corrected chi connectivity index (χ4v) is 3.39. The molecule has 0 saturated heterocycles. The minimum atomic E-state index is 0.352. The molecule has 2 rings (SSSR count). The van der Waals surface area contributed by atoms with Gasteiger partial charge in [-0.2, -0.15) is 5.10 Å². The molecule has 1 atom stereocenters. The van der Waals surface area contributed by atoms with Crippen LogP contribution in [0.3, 0.4) is 0 Å². The van der Waals surface area contributed by atoms with Crippen LogP contribution in [0.4, 0.5) is 0 Å². The highest BCUT2D eigenvalue weighted by Crippen LogP contribution is 2.27. The SMILES string of the molecule is CCCC(Cl)CCCc1ccn(C2CCCCC2)n1. The number of aromatic nitrogens is 2. The van der Waals surface area contributed by atoms with Crippen LogP contribution in [0.15, 0.2) is 12.3 Å². The minimum Gasteiger partial charge on any atom is -0.269 e. The van der Waals surface area contributed by atoms with Crippen LogP contribution in [0, 0.1) is 0 Å². The van der Waals surface area contributed by atoms with E-state index in [2.05, 4.69) is 23.9 Å². The molecule has 0 radical (unpaired) electrons. The van der Waals surface area contributed by atoms with Gasteiger partial charge in [0, 0.05) is 11.6 Å². The topological polar surface area (TPSA) is 17.8 Å². The van der Waals surface area contributed by atoms with Gasteiger partial charge in [0.15, 0.2) is 0 Å². The molecule has 0 spiro atoms. The van der Waals surface area contributed by atoms with Crippen LogP contribution in [0.5, 0.6) is 0 Å². The Balaban J connectivity index is 1.74. The van der Waals surface area contributed by atoms with E-state index in [0.29, 0.717) is 11.4 Å². The first-order valence-corrected chi connectivity index (χ1v) is 8.41. The largest absolute Gasteiger partial charge is 0.269 e. The number of rotatable bonds is 7. The molecule has 1 saturated carbocycles. The predicted molar refractivity (Wildman–Crippen MR) is 81.8 cm³/mol. The summed E-state index contributed by atoms with van der Waals surface area (Å²) in [7, 11) is 0. The summed E-state index contributed by atoms with van der Waals surface area (Å²) in [6, 6.07) is 2.85. The Labute approximate surface area is 122 Å². The molecular formula is C16H27ClN2. The highest BCUT2D eigenvalue weighted by atomic mass is 35.5. The summed E-state index contributed by atoms with van der Waals surface area (Å²) in [5, 5.41) is 5.10. The van der Waals surface area contributed by atoms with Crippen LogP contribution in [-0.2, 0) is 6.42 Å². The van der Waals surface area contributed by atoms with E-state index >= 15 is 0 Å². The maximum Gasteiger partial charge on any atom is 0.0624 e. The van der Waals surface area contributed by atoms with Crippen molar-refractivity contribution in [1.82, 2.24) is 9.78 Å². The quantitative estimate of drug-likeness (QED) is 0.635. The van der Waals surface area contributed by atoms with Crippen LogP contribution in [0.2, 0.25) is 0 Å². The number of hydrogen-bond acceptors (Lipinski definition) is 1. The fourth-order valence-electron chi connectivity index (χ4n) is 3.02. The fraction of sp³-hybridized carbons (Fsp3) is 0.812. The van der Waals surface area contributed by atoms with Gasteiger partial charge in [-0.25, -0.2) is 0 Å². The Hall–Kier alpha value is -0.500. The zero-order valence-corrected chi connectivity index (χ0v) is 12.9. The zero-order valence-electron chi connectivity index (χ0n) is 12.2. The Morgan fingerprint density at radius 1 is 1.32 bits per heavy atom. The van der Waals surface area contributed by atoms with Gasteiger partial charge in [0.2, 0.25) is 0 Å². The third-order valence-electron chi connectivity index (χ3n) is 4.16. The Bertz CT molecular complexity index is 355. The Morgan fingerprint density at radius 3 is 2.84 bits per heavy atom. The molecule has 1 aliphatic carbocycles. The molecule has 0 aromatic carbocycles. The van der Waals surface area contributed by atoms with Crippen molar-refractivity contribution in [3.05, 3.63) is 18.0 Å². The highest BCUT2D eigenvalue weighted by molar-refractivity contribution is 6.20. The molecule has 108 valence electrons. The van der Waals surface area contributed by atoms with Crippen LogP contribution in [-0.4, -0.2) is 15.2 Å². The first kappa shape index (κ1) is 14.9. The van der Waals surface area contributed by atoms with Crippen molar-refractivity contribution < 1.29 is 0 Å². The number of aryl methyl sites for hydroxylation is 1. The third kappa shape index (κ3) is 4.83. The van der Waals surface area contributed by atoms with E-state index in [0.717, 1.165) is 25.7 Å². The highest BCUT2D eigenvalue weighted by Gasteiger charge is 2.15. The average Bonchev–Trinajstić information content (AvgIpc) is 2.89. The number of halogens is 1. The van der Waals surface area contributed by atoms with Crippen molar-refractivity contribution in [1.29, 1.82) is 0 Å². The van der Waals surface area contributed by atoms with Gasteiger partial charge >= 0.3 is 0 Å². The normalized spacial score (nSPS) is 18.6. The van der Waals surface area contributed by atoms with Crippen molar-refractivity contribution in [2.24, 2.45) is 0 Å². The van der Waals surface area contributed by atoms with Gasteiger partial charge < -0.3 is 0 Å². The summed E-state index contributed by atoms with van der Waals surface area (Å²) >= 11 is 6.25. The average molecular weight is 283 g/mol. The van der Waals surface area contributed by atoms with Gasteiger partial charge in [-0.15, -0.1) is 11.6 Å². The van der Waals surface area contributed by atoms with E-state index in [1.54, 1.807) is 0 Å². The van der Waals surface area contributed by atoms with Crippen molar-refractivity contribution in [2.45, 2.75) is 82.6 Å². The molecular weight excluding hydrogens is 256 g/mol. The van der Waals surface area contributed by atoms with E-state index in [-0.39, 0.29) is 0 Å². The van der Waals surface area contributed by atoms with Gasteiger partial charge in [0.1, 0.15) is 0 Å².